The number of nitrogens with zero attached hydrogens (tertiary/aromatic N) is 2. The highest BCUT2D eigenvalue weighted by Gasteiger charge is 2.23. The highest BCUT2D eigenvalue weighted by Crippen LogP contribution is 2.23. The quantitative estimate of drug-likeness (QED) is 0.869. The minimum Gasteiger partial charge on any atom is -0.478 e. The molecule has 0 aliphatic carbocycles. The molecule has 0 spiro atoms. The first kappa shape index (κ1) is 12.8. The van der Waals surface area contributed by atoms with Crippen LogP contribution in [0.3, 0.4) is 0 Å². The van der Waals surface area contributed by atoms with Gasteiger partial charge in [-0.25, -0.2) is 9.18 Å². The zero-order valence-corrected chi connectivity index (χ0v) is 10.6. The van der Waals surface area contributed by atoms with Gasteiger partial charge in [0, 0.05) is 25.7 Å². The number of hydrogen-bond acceptors (Lipinski definition) is 3. The summed E-state index contributed by atoms with van der Waals surface area (Å²) in [6, 6.07) is 4.44. The number of carboxylic acids is 1. The van der Waals surface area contributed by atoms with Crippen molar-refractivity contribution in [3.8, 4) is 0 Å². The highest BCUT2D eigenvalue weighted by molar-refractivity contribution is 5.88. The normalized spacial score (nSPS) is 21.1. The van der Waals surface area contributed by atoms with Gasteiger partial charge in [0.15, 0.2) is 0 Å². The molecule has 0 saturated carbocycles. The van der Waals surface area contributed by atoms with E-state index in [0.717, 1.165) is 25.7 Å². The minimum atomic E-state index is -1.10. The van der Waals surface area contributed by atoms with Gasteiger partial charge in [0.05, 0.1) is 11.3 Å². The topological polar surface area (TPSA) is 43.8 Å². The Hall–Kier alpha value is -1.62. The van der Waals surface area contributed by atoms with Gasteiger partial charge >= 0.3 is 5.97 Å². The Labute approximate surface area is 106 Å². The SMILES string of the molecule is CC1CN(c2ccc(C(=O)O)cc2F)CCN1C. The molecule has 1 aliphatic rings. The summed E-state index contributed by atoms with van der Waals surface area (Å²) < 4.78 is 13.9. The van der Waals surface area contributed by atoms with Crippen LogP contribution in [0.4, 0.5) is 10.1 Å². The lowest BCUT2D eigenvalue weighted by Gasteiger charge is -2.39. The smallest absolute Gasteiger partial charge is 0.335 e. The molecule has 98 valence electrons. The van der Waals surface area contributed by atoms with Crippen LogP contribution in [-0.2, 0) is 0 Å². The molecule has 4 nitrogen and oxygen atoms in total. The van der Waals surface area contributed by atoms with E-state index in [2.05, 4.69) is 11.8 Å². The van der Waals surface area contributed by atoms with Crippen molar-refractivity contribution >= 4 is 11.7 Å². The predicted molar refractivity (Wildman–Crippen MR) is 67.7 cm³/mol. The predicted octanol–water partition coefficient (Wildman–Crippen LogP) is 1.66. The average Bonchev–Trinajstić information content (AvgIpc) is 2.32. The van der Waals surface area contributed by atoms with Crippen LogP contribution in [0.25, 0.3) is 0 Å². The molecule has 1 unspecified atom stereocenters. The number of likely N-dealkylation sites (N-methyl/N-ethyl adjacent to an activating group) is 1. The molecule has 1 saturated heterocycles. The van der Waals surface area contributed by atoms with Gasteiger partial charge in [0.2, 0.25) is 0 Å². The summed E-state index contributed by atoms with van der Waals surface area (Å²) in [4.78, 5) is 14.9. The maximum atomic E-state index is 13.9. The lowest BCUT2D eigenvalue weighted by molar-refractivity contribution is 0.0696. The fourth-order valence-corrected chi connectivity index (χ4v) is 2.16. The van der Waals surface area contributed by atoms with E-state index in [-0.39, 0.29) is 5.56 Å². The van der Waals surface area contributed by atoms with E-state index in [4.69, 9.17) is 5.11 Å². The molecule has 1 heterocycles. The van der Waals surface area contributed by atoms with Gasteiger partial charge in [-0.05, 0) is 32.2 Å². The van der Waals surface area contributed by atoms with Crippen LogP contribution >= 0.6 is 0 Å². The third-order valence-electron chi connectivity index (χ3n) is 3.50. The van der Waals surface area contributed by atoms with Crippen molar-refractivity contribution in [3.63, 3.8) is 0 Å². The number of rotatable bonds is 2. The van der Waals surface area contributed by atoms with E-state index in [9.17, 15) is 9.18 Å². The zero-order chi connectivity index (χ0) is 13.3. The van der Waals surface area contributed by atoms with Gasteiger partial charge in [0.1, 0.15) is 5.82 Å². The molecule has 18 heavy (non-hydrogen) atoms. The summed E-state index contributed by atoms with van der Waals surface area (Å²) in [5.41, 5.74) is 0.471. The summed E-state index contributed by atoms with van der Waals surface area (Å²) >= 11 is 0. The minimum absolute atomic E-state index is 0.0153. The number of aromatic carboxylic acids is 1. The third-order valence-corrected chi connectivity index (χ3v) is 3.50. The summed E-state index contributed by atoms with van der Waals surface area (Å²) in [5.74, 6) is -1.57. The first-order valence-electron chi connectivity index (χ1n) is 5.97. The van der Waals surface area contributed by atoms with Gasteiger partial charge < -0.3 is 14.9 Å². The molecular formula is C13H17FN2O2. The Morgan fingerprint density at radius 2 is 2.17 bits per heavy atom. The van der Waals surface area contributed by atoms with E-state index in [1.54, 1.807) is 6.07 Å². The Morgan fingerprint density at radius 3 is 2.72 bits per heavy atom. The molecule has 0 radical (unpaired) electrons. The number of benzene rings is 1. The summed E-state index contributed by atoms with van der Waals surface area (Å²) in [6.07, 6.45) is 0. The number of piperazine rings is 1. The fourth-order valence-electron chi connectivity index (χ4n) is 2.16. The van der Waals surface area contributed by atoms with Crippen molar-refractivity contribution in [3.05, 3.63) is 29.6 Å². The molecule has 1 aliphatic heterocycles. The number of hydrogen-bond donors (Lipinski definition) is 1. The van der Waals surface area contributed by atoms with Gasteiger partial charge in [-0.1, -0.05) is 0 Å². The molecule has 0 amide bonds. The number of halogens is 1. The van der Waals surface area contributed by atoms with Crippen LogP contribution in [0, 0.1) is 5.82 Å². The molecule has 1 fully saturated rings. The molecule has 1 atom stereocenters. The highest BCUT2D eigenvalue weighted by atomic mass is 19.1. The van der Waals surface area contributed by atoms with E-state index in [1.165, 1.54) is 6.07 Å². The standard InChI is InChI=1S/C13H17FN2O2/c1-9-8-16(6-5-15(9)2)12-4-3-10(13(17)18)7-11(12)14/h3-4,7,9H,5-6,8H2,1-2H3,(H,17,18). The Balaban J connectivity index is 2.21. The van der Waals surface area contributed by atoms with Crippen molar-refractivity contribution in [1.29, 1.82) is 0 Å². The monoisotopic (exact) mass is 252 g/mol. The van der Waals surface area contributed by atoms with E-state index in [0.29, 0.717) is 11.7 Å². The molecule has 1 N–H and O–H groups in total. The molecule has 5 heteroatoms. The zero-order valence-electron chi connectivity index (χ0n) is 10.6. The van der Waals surface area contributed by atoms with Crippen molar-refractivity contribution < 1.29 is 14.3 Å². The van der Waals surface area contributed by atoms with Gasteiger partial charge in [-0.3, -0.25) is 0 Å². The van der Waals surface area contributed by atoms with Crippen molar-refractivity contribution in [2.24, 2.45) is 0 Å². The van der Waals surface area contributed by atoms with E-state index < -0.39 is 11.8 Å². The second-order valence-electron chi connectivity index (χ2n) is 4.75. The Morgan fingerprint density at radius 1 is 1.44 bits per heavy atom. The molecule has 1 aromatic carbocycles. The first-order chi connectivity index (χ1) is 8.49. The number of carboxylic acid groups (broad SMARTS) is 1. The lowest BCUT2D eigenvalue weighted by Crippen LogP contribution is -2.50. The third kappa shape index (κ3) is 2.46. The Kier molecular flexibility index (Phi) is 3.52. The van der Waals surface area contributed by atoms with Gasteiger partial charge in [0.25, 0.3) is 0 Å². The number of anilines is 1. The van der Waals surface area contributed by atoms with Crippen molar-refractivity contribution in [2.45, 2.75) is 13.0 Å². The molecule has 1 aromatic rings. The molecule has 2 rings (SSSR count). The van der Waals surface area contributed by atoms with Crippen molar-refractivity contribution in [2.75, 3.05) is 31.6 Å². The summed E-state index contributed by atoms with van der Waals surface area (Å²) in [6.45, 7) is 4.47. The average molecular weight is 252 g/mol. The summed E-state index contributed by atoms with van der Waals surface area (Å²) in [7, 11) is 2.05. The van der Waals surface area contributed by atoms with Crippen LogP contribution < -0.4 is 4.90 Å². The molecular weight excluding hydrogens is 235 g/mol. The van der Waals surface area contributed by atoms with Crippen LogP contribution in [0.15, 0.2) is 18.2 Å². The van der Waals surface area contributed by atoms with E-state index >= 15 is 0 Å². The van der Waals surface area contributed by atoms with Gasteiger partial charge in [-0.2, -0.15) is 0 Å². The second kappa shape index (κ2) is 4.94. The van der Waals surface area contributed by atoms with E-state index in [1.807, 2.05) is 11.9 Å². The maximum absolute atomic E-state index is 13.9. The largest absolute Gasteiger partial charge is 0.478 e. The first-order valence-corrected chi connectivity index (χ1v) is 5.97. The van der Waals surface area contributed by atoms with Crippen molar-refractivity contribution in [1.82, 2.24) is 4.90 Å². The van der Waals surface area contributed by atoms with Crippen LogP contribution in [-0.4, -0.2) is 48.7 Å². The second-order valence-corrected chi connectivity index (χ2v) is 4.75. The van der Waals surface area contributed by atoms with Gasteiger partial charge in [-0.15, -0.1) is 0 Å². The Bertz CT molecular complexity index is 464. The van der Waals surface area contributed by atoms with Crippen LogP contribution in [0.1, 0.15) is 17.3 Å². The van der Waals surface area contributed by atoms with Crippen LogP contribution in [0.5, 0.6) is 0 Å². The lowest BCUT2D eigenvalue weighted by atomic mass is 10.1. The maximum Gasteiger partial charge on any atom is 0.335 e. The van der Waals surface area contributed by atoms with Crippen LogP contribution in [0.2, 0.25) is 0 Å². The molecule has 0 bridgehead atoms. The fraction of sp³-hybridized carbons (Fsp3) is 0.462. The molecule has 0 aromatic heterocycles. The summed E-state index contributed by atoms with van der Waals surface area (Å²) in [5, 5.41) is 8.80. The number of carbonyl (C=O) groups is 1.